The molecule has 0 unspecified atom stereocenters. The average Bonchev–Trinajstić information content (AvgIpc) is 2.34. The molecule has 0 spiro atoms. The first-order chi connectivity index (χ1) is 9.04. The van der Waals surface area contributed by atoms with Crippen molar-refractivity contribution < 1.29 is 25.2 Å². The van der Waals surface area contributed by atoms with Gasteiger partial charge < -0.3 is 5.73 Å². The minimum Gasteiger partial charge on any atom is -0.330 e. The monoisotopic (exact) mass is 331 g/mol. The lowest BCUT2D eigenvalue weighted by molar-refractivity contribution is 0.192. The van der Waals surface area contributed by atoms with Gasteiger partial charge in [-0.25, -0.2) is 0 Å². The maximum absolute atomic E-state index is 11.6. The smallest absolute Gasteiger partial charge is 0.267 e. The van der Waals surface area contributed by atoms with Crippen LogP contribution in [-0.2, 0) is 28.6 Å². The zero-order valence-corrected chi connectivity index (χ0v) is 13.9. The van der Waals surface area contributed by atoms with Crippen LogP contribution in [0.4, 0.5) is 0 Å². The zero-order chi connectivity index (χ0) is 15.9. The number of rotatable bonds is 11. The van der Waals surface area contributed by atoms with E-state index in [1.165, 1.54) is 0 Å². The quantitative estimate of drug-likeness (QED) is 0.547. The molecule has 0 atom stereocenters. The van der Waals surface area contributed by atoms with Crippen molar-refractivity contribution in [2.45, 2.75) is 33.6 Å². The Labute approximate surface area is 122 Å². The van der Waals surface area contributed by atoms with Crippen molar-refractivity contribution >= 4 is 20.2 Å². The molecule has 7 nitrogen and oxygen atoms in total. The molecule has 0 aromatic rings. The van der Waals surface area contributed by atoms with Crippen LogP contribution in [0.2, 0.25) is 0 Å². The Bertz CT molecular complexity index is 469. The van der Waals surface area contributed by atoms with Gasteiger partial charge in [-0.05, 0) is 19.4 Å². The molecule has 0 heterocycles. The van der Waals surface area contributed by atoms with Crippen LogP contribution in [0.5, 0.6) is 0 Å². The van der Waals surface area contributed by atoms with E-state index in [9.17, 15) is 16.8 Å². The molecule has 0 aliphatic heterocycles. The summed E-state index contributed by atoms with van der Waals surface area (Å²) in [4.78, 5) is 0. The van der Waals surface area contributed by atoms with E-state index in [1.54, 1.807) is 20.8 Å². The predicted octanol–water partition coefficient (Wildman–Crippen LogP) is 0.464. The third-order valence-electron chi connectivity index (χ3n) is 2.44. The third kappa shape index (κ3) is 9.65. The minimum absolute atomic E-state index is 0.0229. The summed E-state index contributed by atoms with van der Waals surface area (Å²) in [5, 5.41) is 0. The Morgan fingerprint density at radius 1 is 1.00 bits per heavy atom. The first-order valence-corrected chi connectivity index (χ1v) is 9.63. The van der Waals surface area contributed by atoms with Crippen LogP contribution < -0.4 is 5.73 Å². The summed E-state index contributed by atoms with van der Waals surface area (Å²) in [6.45, 7) is 5.73. The summed E-state index contributed by atoms with van der Waals surface area (Å²) < 4.78 is 55.4. The lowest BCUT2D eigenvalue weighted by atomic mass is 9.96. The van der Waals surface area contributed by atoms with E-state index in [1.807, 2.05) is 0 Å². The minimum atomic E-state index is -3.74. The van der Waals surface area contributed by atoms with Crippen molar-refractivity contribution in [3.05, 3.63) is 0 Å². The van der Waals surface area contributed by atoms with E-state index in [0.29, 0.717) is 13.0 Å². The molecule has 0 aromatic carbocycles. The van der Waals surface area contributed by atoms with Crippen molar-refractivity contribution in [3.63, 3.8) is 0 Å². The summed E-state index contributed by atoms with van der Waals surface area (Å²) in [5.74, 6) is -0.696. The van der Waals surface area contributed by atoms with Gasteiger partial charge in [0, 0.05) is 5.41 Å². The van der Waals surface area contributed by atoms with E-state index >= 15 is 0 Å². The molecular formula is C11H25NO6S2. The predicted molar refractivity (Wildman–Crippen MR) is 77.2 cm³/mol. The second-order valence-corrected chi connectivity index (χ2v) is 8.85. The number of hydrogen-bond acceptors (Lipinski definition) is 7. The van der Waals surface area contributed by atoms with Gasteiger partial charge >= 0.3 is 0 Å². The SMILES string of the molecule is CCCOS(=O)(=O)CCCS(=O)(=O)OCC(C)(C)CN. The molecular weight excluding hydrogens is 306 g/mol. The highest BCUT2D eigenvalue weighted by molar-refractivity contribution is 7.87. The molecule has 0 saturated heterocycles. The van der Waals surface area contributed by atoms with Crippen molar-refractivity contribution in [1.82, 2.24) is 0 Å². The van der Waals surface area contributed by atoms with Gasteiger partial charge in [-0.1, -0.05) is 20.8 Å². The molecule has 0 fully saturated rings. The molecule has 0 amide bonds. The summed E-state index contributed by atoms with van der Waals surface area (Å²) in [6.07, 6.45) is 0.520. The van der Waals surface area contributed by atoms with Gasteiger partial charge in [0.05, 0.1) is 24.7 Å². The standard InChI is InChI=1S/C11H25NO6S2/c1-4-6-17-19(13,14)7-5-8-20(15,16)18-10-11(2,3)9-12/h4-10,12H2,1-3H3. The van der Waals surface area contributed by atoms with Crippen molar-refractivity contribution in [2.75, 3.05) is 31.3 Å². The van der Waals surface area contributed by atoms with Crippen molar-refractivity contribution in [1.29, 1.82) is 0 Å². The molecule has 0 radical (unpaired) electrons. The molecule has 122 valence electrons. The molecule has 0 aliphatic rings. The van der Waals surface area contributed by atoms with Crippen LogP contribution in [0.3, 0.4) is 0 Å². The average molecular weight is 331 g/mol. The van der Waals surface area contributed by atoms with Gasteiger partial charge in [0.25, 0.3) is 20.2 Å². The van der Waals surface area contributed by atoms with Gasteiger partial charge in [-0.2, -0.15) is 16.8 Å². The Morgan fingerprint density at radius 2 is 1.50 bits per heavy atom. The normalized spacial score (nSPS) is 13.6. The van der Waals surface area contributed by atoms with Crippen LogP contribution in [0, 0.1) is 5.41 Å². The van der Waals surface area contributed by atoms with Crippen molar-refractivity contribution in [3.8, 4) is 0 Å². The highest BCUT2D eigenvalue weighted by atomic mass is 32.2. The maximum Gasteiger partial charge on any atom is 0.267 e. The molecule has 0 aliphatic carbocycles. The highest BCUT2D eigenvalue weighted by Crippen LogP contribution is 2.14. The third-order valence-corrected chi connectivity index (χ3v) is 5.02. The van der Waals surface area contributed by atoms with Gasteiger partial charge in [-0.3, -0.25) is 8.37 Å². The fourth-order valence-corrected chi connectivity index (χ4v) is 3.38. The van der Waals surface area contributed by atoms with Crippen LogP contribution in [0.1, 0.15) is 33.6 Å². The van der Waals surface area contributed by atoms with E-state index in [2.05, 4.69) is 4.18 Å². The zero-order valence-electron chi connectivity index (χ0n) is 12.3. The van der Waals surface area contributed by atoms with E-state index in [0.717, 1.165) is 0 Å². The first-order valence-electron chi connectivity index (χ1n) is 6.48. The Morgan fingerprint density at radius 3 is 1.95 bits per heavy atom. The Kier molecular flexibility index (Phi) is 8.19. The van der Waals surface area contributed by atoms with Gasteiger partial charge in [0.2, 0.25) is 0 Å². The topological polar surface area (TPSA) is 113 Å². The maximum atomic E-state index is 11.6. The molecule has 0 saturated carbocycles. The second-order valence-electron chi connectivity index (χ2n) is 5.33. The highest BCUT2D eigenvalue weighted by Gasteiger charge is 2.22. The number of hydrogen-bond donors (Lipinski definition) is 1. The fraction of sp³-hybridized carbons (Fsp3) is 1.00. The molecule has 0 rings (SSSR count). The summed E-state index contributed by atoms with van der Waals surface area (Å²) >= 11 is 0. The van der Waals surface area contributed by atoms with Crippen LogP contribution in [0.15, 0.2) is 0 Å². The fourth-order valence-electron chi connectivity index (χ4n) is 1.05. The molecule has 0 aromatic heterocycles. The molecule has 9 heteroatoms. The first kappa shape index (κ1) is 19.8. The molecule has 20 heavy (non-hydrogen) atoms. The Balaban J connectivity index is 4.18. The second kappa shape index (κ2) is 8.28. The molecule has 2 N–H and O–H groups in total. The summed E-state index contributed by atoms with van der Waals surface area (Å²) in [6, 6.07) is 0. The van der Waals surface area contributed by atoms with Crippen LogP contribution >= 0.6 is 0 Å². The van der Waals surface area contributed by atoms with Crippen LogP contribution in [-0.4, -0.2) is 48.1 Å². The van der Waals surface area contributed by atoms with E-state index in [-0.39, 0.29) is 31.1 Å². The molecule has 0 bridgehead atoms. The van der Waals surface area contributed by atoms with Gasteiger partial charge in [0.15, 0.2) is 0 Å². The summed E-state index contributed by atoms with van der Waals surface area (Å²) in [7, 11) is -7.40. The van der Waals surface area contributed by atoms with Gasteiger partial charge in [0.1, 0.15) is 0 Å². The largest absolute Gasteiger partial charge is 0.330 e. The van der Waals surface area contributed by atoms with Crippen LogP contribution in [0.25, 0.3) is 0 Å². The summed E-state index contributed by atoms with van der Waals surface area (Å²) in [5.41, 5.74) is 5.03. The number of nitrogens with two attached hydrogens (primary N) is 1. The van der Waals surface area contributed by atoms with E-state index in [4.69, 9.17) is 9.92 Å². The lowest BCUT2D eigenvalue weighted by Crippen LogP contribution is -2.30. The van der Waals surface area contributed by atoms with E-state index < -0.39 is 25.7 Å². The van der Waals surface area contributed by atoms with Gasteiger partial charge in [-0.15, -0.1) is 0 Å². The van der Waals surface area contributed by atoms with Crippen molar-refractivity contribution in [2.24, 2.45) is 11.1 Å². The Hall–Kier alpha value is -0.220. The lowest BCUT2D eigenvalue weighted by Gasteiger charge is -2.21.